The van der Waals surface area contributed by atoms with Crippen LogP contribution in [-0.4, -0.2) is 12.1 Å². The van der Waals surface area contributed by atoms with Crippen LogP contribution in [0.4, 0.5) is 0 Å². The highest BCUT2D eigenvalue weighted by Gasteiger charge is 2.18. The Labute approximate surface area is 73.6 Å². The molecule has 0 aliphatic carbocycles. The number of ether oxygens (including phenoxy) is 1. The number of allylic oxidation sites excluding steroid dienone is 1. The van der Waals surface area contributed by atoms with E-state index in [0.29, 0.717) is 6.42 Å². The molecule has 1 rings (SSSR count). The summed E-state index contributed by atoms with van der Waals surface area (Å²) in [6, 6.07) is 0. The Kier molecular flexibility index (Phi) is 3.85. The molecule has 12 heavy (non-hydrogen) atoms. The van der Waals surface area contributed by atoms with Gasteiger partial charge in [-0.15, -0.1) is 0 Å². The fraction of sp³-hybridized carbons (Fsp3) is 0.700. The molecule has 1 heterocycles. The summed E-state index contributed by atoms with van der Waals surface area (Å²) in [4.78, 5) is 10.9. The molecule has 2 nitrogen and oxygen atoms in total. The molecule has 1 atom stereocenters. The van der Waals surface area contributed by atoms with Gasteiger partial charge < -0.3 is 4.74 Å². The van der Waals surface area contributed by atoms with Crippen LogP contribution < -0.4 is 0 Å². The zero-order valence-electron chi connectivity index (χ0n) is 7.58. The van der Waals surface area contributed by atoms with Gasteiger partial charge in [-0.1, -0.05) is 19.1 Å². The van der Waals surface area contributed by atoms with Crippen molar-refractivity contribution in [1.29, 1.82) is 0 Å². The molecule has 0 unspecified atom stereocenters. The average molecular weight is 168 g/mol. The molecule has 1 aliphatic rings. The third-order valence-corrected chi connectivity index (χ3v) is 2.01. The van der Waals surface area contributed by atoms with Crippen molar-refractivity contribution >= 4 is 5.97 Å². The smallest absolute Gasteiger partial charge is 0.306 e. The van der Waals surface area contributed by atoms with Crippen molar-refractivity contribution in [1.82, 2.24) is 0 Å². The van der Waals surface area contributed by atoms with E-state index in [-0.39, 0.29) is 12.1 Å². The van der Waals surface area contributed by atoms with Gasteiger partial charge >= 0.3 is 5.97 Å². The summed E-state index contributed by atoms with van der Waals surface area (Å²) in [5.74, 6) is -0.0313. The van der Waals surface area contributed by atoms with E-state index < -0.39 is 0 Å². The lowest BCUT2D eigenvalue weighted by atomic mass is 10.1. The molecular formula is C10H16O2. The van der Waals surface area contributed by atoms with Gasteiger partial charge in [-0.25, -0.2) is 0 Å². The number of rotatable bonds is 3. The first-order chi connectivity index (χ1) is 5.83. The molecule has 0 bridgehead atoms. The molecule has 0 saturated carbocycles. The first-order valence-electron chi connectivity index (χ1n) is 4.67. The minimum atomic E-state index is -0.0313. The molecule has 0 aromatic heterocycles. The van der Waals surface area contributed by atoms with Gasteiger partial charge in [-0.05, 0) is 19.3 Å². The van der Waals surface area contributed by atoms with Crippen molar-refractivity contribution in [2.24, 2.45) is 0 Å². The zero-order chi connectivity index (χ0) is 8.81. The van der Waals surface area contributed by atoms with Gasteiger partial charge in [0, 0.05) is 12.8 Å². The Morgan fingerprint density at radius 3 is 3.08 bits per heavy atom. The summed E-state index contributed by atoms with van der Waals surface area (Å²) in [6.45, 7) is 2.10. The number of cyclic esters (lactones) is 1. The Morgan fingerprint density at radius 2 is 2.42 bits per heavy atom. The van der Waals surface area contributed by atoms with Crippen molar-refractivity contribution in [2.75, 3.05) is 0 Å². The predicted octanol–water partition coefficient (Wildman–Crippen LogP) is 2.44. The standard InChI is InChI=1S/C10H16O2/c1-2-3-4-6-9-7-5-8-10(11)12-9/h3-4,9H,2,5-8H2,1H3/b4-3-/t9-/m0/s1. The minimum Gasteiger partial charge on any atom is -0.462 e. The second-order valence-corrected chi connectivity index (χ2v) is 3.12. The van der Waals surface area contributed by atoms with E-state index >= 15 is 0 Å². The second kappa shape index (κ2) is 4.96. The summed E-state index contributed by atoms with van der Waals surface area (Å²) < 4.78 is 5.14. The molecule has 2 heteroatoms. The van der Waals surface area contributed by atoms with Crippen molar-refractivity contribution in [3.8, 4) is 0 Å². The molecule has 0 amide bonds. The van der Waals surface area contributed by atoms with E-state index in [2.05, 4.69) is 19.1 Å². The van der Waals surface area contributed by atoms with Crippen LogP contribution in [0.15, 0.2) is 12.2 Å². The maximum absolute atomic E-state index is 10.9. The molecule has 0 radical (unpaired) electrons. The van der Waals surface area contributed by atoms with Crippen molar-refractivity contribution in [3.63, 3.8) is 0 Å². The fourth-order valence-electron chi connectivity index (χ4n) is 1.36. The van der Waals surface area contributed by atoms with Gasteiger partial charge in [-0.2, -0.15) is 0 Å². The molecule has 0 aromatic carbocycles. The highest BCUT2D eigenvalue weighted by molar-refractivity contribution is 5.70. The molecule has 0 N–H and O–H groups in total. The zero-order valence-corrected chi connectivity index (χ0v) is 7.58. The van der Waals surface area contributed by atoms with Crippen LogP contribution in [0.1, 0.15) is 39.0 Å². The minimum absolute atomic E-state index is 0.0313. The Balaban J connectivity index is 2.22. The van der Waals surface area contributed by atoms with E-state index in [1.165, 1.54) is 0 Å². The van der Waals surface area contributed by atoms with Crippen LogP contribution in [0, 0.1) is 0 Å². The molecule has 1 fully saturated rings. The summed E-state index contributed by atoms with van der Waals surface area (Å²) in [5, 5.41) is 0. The van der Waals surface area contributed by atoms with Crippen LogP contribution >= 0.6 is 0 Å². The first-order valence-corrected chi connectivity index (χ1v) is 4.67. The summed E-state index contributed by atoms with van der Waals surface area (Å²) >= 11 is 0. The second-order valence-electron chi connectivity index (χ2n) is 3.12. The van der Waals surface area contributed by atoms with E-state index in [4.69, 9.17) is 4.74 Å². The van der Waals surface area contributed by atoms with Crippen LogP contribution in [-0.2, 0) is 9.53 Å². The number of hydrogen-bond acceptors (Lipinski definition) is 2. The fourth-order valence-corrected chi connectivity index (χ4v) is 1.36. The van der Waals surface area contributed by atoms with Crippen LogP contribution in [0.5, 0.6) is 0 Å². The lowest BCUT2D eigenvalue weighted by Crippen LogP contribution is -2.22. The summed E-state index contributed by atoms with van der Waals surface area (Å²) in [7, 11) is 0. The van der Waals surface area contributed by atoms with Gasteiger partial charge in [0.1, 0.15) is 6.10 Å². The van der Waals surface area contributed by atoms with E-state index in [1.807, 2.05) is 0 Å². The van der Waals surface area contributed by atoms with Crippen LogP contribution in [0.3, 0.4) is 0 Å². The van der Waals surface area contributed by atoms with Crippen LogP contribution in [0.25, 0.3) is 0 Å². The highest BCUT2D eigenvalue weighted by atomic mass is 16.5. The maximum atomic E-state index is 10.9. The maximum Gasteiger partial charge on any atom is 0.306 e. The van der Waals surface area contributed by atoms with Crippen LogP contribution in [0.2, 0.25) is 0 Å². The third kappa shape index (κ3) is 3.07. The van der Waals surface area contributed by atoms with Gasteiger partial charge in [0.2, 0.25) is 0 Å². The first kappa shape index (κ1) is 9.30. The average Bonchev–Trinajstić information content (AvgIpc) is 2.05. The summed E-state index contributed by atoms with van der Waals surface area (Å²) in [5.41, 5.74) is 0. The largest absolute Gasteiger partial charge is 0.462 e. The van der Waals surface area contributed by atoms with Gasteiger partial charge in [-0.3, -0.25) is 4.79 Å². The van der Waals surface area contributed by atoms with Crippen molar-refractivity contribution < 1.29 is 9.53 Å². The topological polar surface area (TPSA) is 26.3 Å². The highest BCUT2D eigenvalue weighted by Crippen LogP contribution is 2.16. The quantitative estimate of drug-likeness (QED) is 0.478. The number of esters is 1. The molecular weight excluding hydrogens is 152 g/mol. The SMILES string of the molecule is CC/C=C\C[C@H]1CCCC(=O)O1. The number of carbonyl (C=O) groups excluding carboxylic acids is 1. The van der Waals surface area contributed by atoms with Crippen molar-refractivity contribution in [2.45, 2.75) is 45.1 Å². The molecule has 0 spiro atoms. The third-order valence-electron chi connectivity index (χ3n) is 2.01. The van der Waals surface area contributed by atoms with Gasteiger partial charge in [0.25, 0.3) is 0 Å². The monoisotopic (exact) mass is 168 g/mol. The number of hydrogen-bond donors (Lipinski definition) is 0. The Hall–Kier alpha value is -0.790. The van der Waals surface area contributed by atoms with Crippen molar-refractivity contribution in [3.05, 3.63) is 12.2 Å². The predicted molar refractivity (Wildman–Crippen MR) is 47.8 cm³/mol. The Morgan fingerprint density at radius 1 is 1.58 bits per heavy atom. The molecule has 0 aromatic rings. The van der Waals surface area contributed by atoms with E-state index in [0.717, 1.165) is 25.7 Å². The van der Waals surface area contributed by atoms with Gasteiger partial charge in [0.05, 0.1) is 0 Å². The van der Waals surface area contributed by atoms with E-state index in [1.54, 1.807) is 0 Å². The van der Waals surface area contributed by atoms with Gasteiger partial charge in [0.15, 0.2) is 0 Å². The Bertz CT molecular complexity index is 173. The normalized spacial score (nSPS) is 24.4. The molecule has 1 saturated heterocycles. The molecule has 68 valence electrons. The molecule has 1 aliphatic heterocycles. The lowest BCUT2D eigenvalue weighted by Gasteiger charge is -2.20. The van der Waals surface area contributed by atoms with E-state index in [9.17, 15) is 4.79 Å². The summed E-state index contributed by atoms with van der Waals surface area (Å²) in [6.07, 6.45) is 8.93. The lowest BCUT2D eigenvalue weighted by molar-refractivity contribution is -0.153. The number of carbonyl (C=O) groups is 1.